The molecule has 8 nitrogen and oxygen atoms in total. The van der Waals surface area contributed by atoms with Gasteiger partial charge in [0.25, 0.3) is 0 Å². The Morgan fingerprint density at radius 3 is 1.74 bits per heavy atom. The van der Waals surface area contributed by atoms with E-state index in [0.717, 1.165) is 0 Å². The maximum Gasteiger partial charge on any atom is 0.338 e. The van der Waals surface area contributed by atoms with Crippen LogP contribution in [0.3, 0.4) is 0 Å². The standard InChI is InChI=1S/C27H24O8/c28-23-16-21(34-26(30)19-12-6-2-7-13-19)24(35-27(31)20-14-8-3-9-15-20)22(33-23)17-32-25(29)18-10-4-1-5-11-18/h1-15,21-24,28H,16-17H2/t21-,22-,23-,24+/m1/s1/i16D/t16-,21+,22+,23+,24-/m0. The van der Waals surface area contributed by atoms with E-state index in [4.69, 9.17) is 20.3 Å². The van der Waals surface area contributed by atoms with Crippen LogP contribution in [0.5, 0.6) is 0 Å². The predicted molar refractivity (Wildman–Crippen MR) is 124 cm³/mol. The first-order chi connectivity index (χ1) is 17.4. The molecule has 0 bridgehead atoms. The normalized spacial score (nSPS) is 24.0. The van der Waals surface area contributed by atoms with Crippen LogP contribution < -0.4 is 0 Å². The SMILES string of the molecule is [2H][C@H]1[C@@H](OC(=O)c2ccccc2)[C@H](OC(=O)c2ccccc2)[C@@H](COC(=O)c2ccccc2)O[C@H]1O. The molecule has 35 heavy (non-hydrogen) atoms. The Balaban J connectivity index is 1.57. The second-order valence-electron chi connectivity index (χ2n) is 7.69. The number of ether oxygens (including phenoxy) is 4. The van der Waals surface area contributed by atoms with Crippen molar-refractivity contribution in [3.63, 3.8) is 0 Å². The summed E-state index contributed by atoms with van der Waals surface area (Å²) in [6.45, 7) is -0.427. The number of benzene rings is 3. The van der Waals surface area contributed by atoms with Crippen LogP contribution in [0, 0.1) is 0 Å². The molecule has 0 aliphatic carbocycles. The number of aliphatic hydroxyl groups excluding tert-OH is 1. The van der Waals surface area contributed by atoms with Gasteiger partial charge in [-0.05, 0) is 36.4 Å². The maximum atomic E-state index is 12.9. The van der Waals surface area contributed by atoms with Crippen molar-refractivity contribution in [1.29, 1.82) is 0 Å². The first-order valence-corrected chi connectivity index (χ1v) is 10.9. The lowest BCUT2D eigenvalue weighted by Gasteiger charge is -2.38. The van der Waals surface area contributed by atoms with Crippen molar-refractivity contribution in [2.24, 2.45) is 0 Å². The molecule has 0 spiro atoms. The number of hydrogen-bond acceptors (Lipinski definition) is 8. The van der Waals surface area contributed by atoms with Crippen LogP contribution in [-0.4, -0.2) is 54.2 Å². The van der Waals surface area contributed by atoms with E-state index in [1.807, 2.05) is 0 Å². The molecule has 0 aromatic heterocycles. The largest absolute Gasteiger partial charge is 0.459 e. The van der Waals surface area contributed by atoms with Gasteiger partial charge in [0.05, 0.1) is 16.7 Å². The van der Waals surface area contributed by atoms with Crippen molar-refractivity contribution < 1.29 is 39.8 Å². The number of carbonyl (C=O) groups excluding carboxylic acids is 3. The number of rotatable bonds is 7. The predicted octanol–water partition coefficient (Wildman–Crippen LogP) is 3.40. The Morgan fingerprint density at radius 1 is 0.771 bits per heavy atom. The van der Waals surface area contributed by atoms with E-state index in [9.17, 15) is 19.5 Å². The second-order valence-corrected chi connectivity index (χ2v) is 7.69. The molecule has 0 amide bonds. The van der Waals surface area contributed by atoms with E-state index < -0.39 is 55.5 Å². The van der Waals surface area contributed by atoms with Gasteiger partial charge in [-0.2, -0.15) is 0 Å². The third kappa shape index (κ3) is 6.32. The van der Waals surface area contributed by atoms with Crippen molar-refractivity contribution >= 4 is 17.9 Å². The molecule has 4 rings (SSSR count). The summed E-state index contributed by atoms with van der Waals surface area (Å²) >= 11 is 0. The number of aliphatic hydroxyl groups is 1. The van der Waals surface area contributed by atoms with Crippen LogP contribution in [0.1, 0.15) is 38.8 Å². The van der Waals surface area contributed by atoms with Crippen molar-refractivity contribution in [3.8, 4) is 0 Å². The molecule has 3 aromatic carbocycles. The molecule has 8 heteroatoms. The van der Waals surface area contributed by atoms with Crippen LogP contribution in [0.15, 0.2) is 91.0 Å². The van der Waals surface area contributed by atoms with E-state index in [2.05, 4.69) is 0 Å². The monoisotopic (exact) mass is 477 g/mol. The van der Waals surface area contributed by atoms with Crippen molar-refractivity contribution in [2.75, 3.05) is 6.61 Å². The van der Waals surface area contributed by atoms with Crippen molar-refractivity contribution in [2.45, 2.75) is 31.0 Å². The summed E-state index contributed by atoms with van der Waals surface area (Å²) in [5, 5.41) is 10.4. The Morgan fingerprint density at radius 2 is 1.23 bits per heavy atom. The first kappa shape index (κ1) is 22.8. The van der Waals surface area contributed by atoms with Crippen LogP contribution in [0.2, 0.25) is 0 Å². The minimum absolute atomic E-state index is 0.214. The van der Waals surface area contributed by atoms with Gasteiger partial charge in [-0.25, -0.2) is 14.4 Å². The van der Waals surface area contributed by atoms with Crippen molar-refractivity contribution in [1.82, 2.24) is 0 Å². The molecular formula is C27H24O8. The summed E-state index contributed by atoms with van der Waals surface area (Å²) in [4.78, 5) is 38.1. The topological polar surface area (TPSA) is 108 Å². The maximum absolute atomic E-state index is 12.9. The molecule has 1 N–H and O–H groups in total. The molecule has 0 unspecified atom stereocenters. The van der Waals surface area contributed by atoms with Gasteiger partial charge in [0.2, 0.25) is 0 Å². The molecule has 1 saturated heterocycles. The highest BCUT2D eigenvalue weighted by molar-refractivity contribution is 5.90. The first-order valence-electron chi connectivity index (χ1n) is 11.5. The summed E-state index contributed by atoms with van der Waals surface area (Å²) < 4.78 is 30.4. The second kappa shape index (κ2) is 11.4. The molecular weight excluding hydrogens is 452 g/mol. The fourth-order valence-corrected chi connectivity index (χ4v) is 3.52. The van der Waals surface area contributed by atoms with Gasteiger partial charge in [0, 0.05) is 7.77 Å². The molecule has 0 saturated carbocycles. The third-order valence-corrected chi connectivity index (χ3v) is 5.25. The van der Waals surface area contributed by atoms with Gasteiger partial charge in [-0.3, -0.25) is 0 Å². The highest BCUT2D eigenvalue weighted by atomic mass is 16.7. The fraction of sp³-hybridized carbons (Fsp3) is 0.222. The Kier molecular flexibility index (Phi) is 7.42. The smallest absolute Gasteiger partial charge is 0.338 e. The van der Waals surface area contributed by atoms with E-state index in [1.54, 1.807) is 66.7 Å². The number of carbonyl (C=O) groups is 3. The molecule has 1 fully saturated rings. The Labute approximate surface area is 203 Å². The fourth-order valence-electron chi connectivity index (χ4n) is 3.52. The molecule has 1 aliphatic rings. The van der Waals surface area contributed by atoms with Crippen molar-refractivity contribution in [3.05, 3.63) is 108 Å². The zero-order valence-corrected chi connectivity index (χ0v) is 18.6. The third-order valence-electron chi connectivity index (χ3n) is 5.25. The van der Waals surface area contributed by atoms with E-state index in [-0.39, 0.29) is 16.7 Å². The van der Waals surface area contributed by atoms with E-state index in [0.29, 0.717) is 0 Å². The van der Waals surface area contributed by atoms with E-state index in [1.165, 1.54) is 24.3 Å². The lowest BCUT2D eigenvalue weighted by molar-refractivity contribution is -0.239. The molecule has 5 atom stereocenters. The lowest BCUT2D eigenvalue weighted by Crippen LogP contribution is -2.54. The number of hydrogen-bond donors (Lipinski definition) is 1. The van der Waals surface area contributed by atoms with Gasteiger partial charge in [-0.15, -0.1) is 0 Å². The lowest BCUT2D eigenvalue weighted by atomic mass is 10.0. The summed E-state index contributed by atoms with van der Waals surface area (Å²) in [7, 11) is 0. The van der Waals surface area contributed by atoms with Gasteiger partial charge in [0.15, 0.2) is 12.4 Å². The van der Waals surface area contributed by atoms with Crippen LogP contribution in [0.4, 0.5) is 0 Å². The Hall–Kier alpha value is -4.01. The van der Waals surface area contributed by atoms with Crippen LogP contribution >= 0.6 is 0 Å². The van der Waals surface area contributed by atoms with Gasteiger partial charge in [0.1, 0.15) is 18.8 Å². The summed E-state index contributed by atoms with van der Waals surface area (Å²) in [5.74, 6) is -2.19. The minimum Gasteiger partial charge on any atom is -0.459 e. The van der Waals surface area contributed by atoms with E-state index >= 15 is 0 Å². The average molecular weight is 477 g/mol. The molecule has 0 radical (unpaired) electrons. The number of esters is 3. The molecule has 1 heterocycles. The zero-order valence-electron chi connectivity index (χ0n) is 19.6. The molecule has 3 aromatic rings. The van der Waals surface area contributed by atoms with Gasteiger partial charge >= 0.3 is 17.9 Å². The quantitative estimate of drug-likeness (QED) is 0.408. The summed E-state index contributed by atoms with van der Waals surface area (Å²) in [6.07, 6.45) is -7.15. The van der Waals surface area contributed by atoms with Gasteiger partial charge in [-0.1, -0.05) is 54.6 Å². The van der Waals surface area contributed by atoms with Gasteiger partial charge < -0.3 is 24.1 Å². The highest BCUT2D eigenvalue weighted by Crippen LogP contribution is 2.27. The Bertz CT molecular complexity index is 1170. The molecule has 180 valence electrons. The summed E-state index contributed by atoms with van der Waals surface area (Å²) in [6, 6.07) is 24.4. The molecule has 1 aliphatic heterocycles. The minimum atomic E-state index is -1.69. The summed E-state index contributed by atoms with van der Waals surface area (Å²) in [5.41, 5.74) is 0.723. The van der Waals surface area contributed by atoms with Crippen LogP contribution in [-0.2, 0) is 18.9 Å². The average Bonchev–Trinajstić information content (AvgIpc) is 2.92. The van der Waals surface area contributed by atoms with Crippen LogP contribution in [0.25, 0.3) is 0 Å². The highest BCUT2D eigenvalue weighted by Gasteiger charge is 2.44. The zero-order chi connectivity index (χ0) is 25.5.